The number of esters is 1. The normalized spacial score (nSPS) is 20.5. The van der Waals surface area contributed by atoms with Crippen LogP contribution in [0.5, 0.6) is 0 Å². The second-order valence-electron chi connectivity index (χ2n) is 16.8. The molecule has 4 fully saturated rings. The topological polar surface area (TPSA) is 161 Å². The van der Waals surface area contributed by atoms with Crippen LogP contribution in [0.2, 0.25) is 5.02 Å². The van der Waals surface area contributed by atoms with Gasteiger partial charge >= 0.3 is 24.3 Å². The number of urea groups is 1. The molecule has 7 rings (SSSR count). The van der Waals surface area contributed by atoms with E-state index in [0.717, 1.165) is 49.7 Å². The van der Waals surface area contributed by atoms with Gasteiger partial charge in [0.05, 0.1) is 29.2 Å². The maximum atomic E-state index is 14.2. The van der Waals surface area contributed by atoms with Crippen molar-refractivity contribution >= 4 is 52.9 Å². The number of ether oxygens (including phenoxy) is 2. The number of nitrogen functional groups attached to an aromatic ring is 1. The minimum absolute atomic E-state index is 0.0479. The van der Waals surface area contributed by atoms with Crippen LogP contribution in [-0.4, -0.2) is 163 Å². The number of halogens is 4. The Morgan fingerprint density at radius 2 is 1.56 bits per heavy atom. The van der Waals surface area contributed by atoms with Gasteiger partial charge in [0.2, 0.25) is 5.91 Å². The van der Waals surface area contributed by atoms with Crippen molar-refractivity contribution in [2.75, 3.05) is 96.2 Å². The average Bonchev–Trinajstić information content (AvgIpc) is 3.59. The highest BCUT2D eigenvalue weighted by Crippen LogP contribution is 2.38. The fourth-order valence-electron chi connectivity index (χ4n) is 9.27. The van der Waals surface area contributed by atoms with Crippen LogP contribution >= 0.6 is 11.6 Å². The van der Waals surface area contributed by atoms with Gasteiger partial charge in [0, 0.05) is 89.5 Å². The van der Waals surface area contributed by atoms with E-state index in [0.29, 0.717) is 78.0 Å². The van der Waals surface area contributed by atoms with Gasteiger partial charge < -0.3 is 45.0 Å². The summed E-state index contributed by atoms with van der Waals surface area (Å²) in [6.07, 6.45) is -2.25. The fraction of sp³-hybridized carbons (Fsp3) is 0.605. The summed E-state index contributed by atoms with van der Waals surface area (Å²) < 4.78 is 53.1. The molecule has 0 bridgehead atoms. The summed E-state index contributed by atoms with van der Waals surface area (Å²) in [6.45, 7) is 6.39. The van der Waals surface area contributed by atoms with E-state index in [-0.39, 0.29) is 73.1 Å². The van der Waals surface area contributed by atoms with Gasteiger partial charge in [-0.2, -0.15) is 13.2 Å². The Kier molecular flexibility index (Phi) is 14.7. The zero-order valence-electron chi connectivity index (χ0n) is 34.9. The van der Waals surface area contributed by atoms with Gasteiger partial charge in [0.25, 0.3) is 5.91 Å². The maximum absolute atomic E-state index is 14.2. The van der Waals surface area contributed by atoms with E-state index in [4.69, 9.17) is 26.8 Å². The Labute approximate surface area is 364 Å². The third-order valence-electron chi connectivity index (χ3n) is 12.9. The molecule has 0 saturated carbocycles. The van der Waals surface area contributed by atoms with Gasteiger partial charge in [0.15, 0.2) is 6.10 Å². The van der Waals surface area contributed by atoms with E-state index >= 15 is 0 Å². The lowest BCUT2D eigenvalue weighted by Gasteiger charge is -2.43. The highest BCUT2D eigenvalue weighted by Gasteiger charge is 2.38. The van der Waals surface area contributed by atoms with Gasteiger partial charge in [-0.05, 0) is 80.9 Å². The van der Waals surface area contributed by atoms with E-state index in [2.05, 4.69) is 15.1 Å². The van der Waals surface area contributed by atoms with Crippen LogP contribution in [0.1, 0.15) is 61.6 Å². The predicted molar refractivity (Wildman–Crippen MR) is 224 cm³/mol. The molecule has 0 unspecified atom stereocenters. The molecule has 338 valence electrons. The van der Waals surface area contributed by atoms with E-state index in [9.17, 15) is 37.1 Å². The van der Waals surface area contributed by atoms with Crippen molar-refractivity contribution < 1.29 is 46.6 Å². The Hall–Kier alpha value is -4.81. The first kappa shape index (κ1) is 45.2. The number of nitrogens with zero attached hydrogens (tertiary/aromatic N) is 6. The van der Waals surface area contributed by atoms with Crippen LogP contribution in [0.4, 0.5) is 34.1 Å². The number of piperidine rings is 2. The SMILES string of the molecule is Nc1c(Cl)cc(C[C@@H](OC(=O)N2CCC(N3CCc4ccccc4NC3=O)CC2)C(=O)N2CCN(C3CCN(CCC(=O)OCCN4CCCC4=O)CC3)CC2)cc1C(F)(F)F. The number of anilines is 2. The third-order valence-corrected chi connectivity index (χ3v) is 13.2. The molecule has 2 aromatic rings. The highest BCUT2D eigenvalue weighted by atomic mass is 35.5. The lowest BCUT2D eigenvalue weighted by Crippen LogP contribution is -2.56. The zero-order valence-corrected chi connectivity index (χ0v) is 35.6. The standard InChI is InChI=1S/C43H56ClF3N8O7/c44-34-27-29(26-33(39(34)48)43(45,46)47)28-36(62-42(60)54-17-10-32(11-18-54)55-19-7-30-4-1-2-5-35(30)49-41(55)59)40(58)53-22-20-51(21-23-53)31-8-14-50(15-9-31)16-12-38(57)61-25-24-52-13-3-6-37(52)56/h1-2,4-5,26-27,31-32,36H,3,6-25,28,48H2,(H,49,59)/t36-/m1/s1. The van der Waals surface area contributed by atoms with E-state index in [1.165, 1.54) is 11.0 Å². The first-order valence-corrected chi connectivity index (χ1v) is 22.1. The number of piperazine rings is 1. The van der Waals surface area contributed by atoms with Crippen LogP contribution in [0, 0.1) is 0 Å². The minimum atomic E-state index is -4.80. The molecule has 62 heavy (non-hydrogen) atoms. The predicted octanol–water partition coefficient (Wildman–Crippen LogP) is 4.71. The number of alkyl halides is 3. The molecule has 4 saturated heterocycles. The van der Waals surface area contributed by atoms with Crippen LogP contribution in [0.3, 0.4) is 0 Å². The number of nitrogens with one attached hydrogen (secondary N) is 1. The summed E-state index contributed by atoms with van der Waals surface area (Å²) in [5, 5.41) is 2.67. The van der Waals surface area contributed by atoms with Gasteiger partial charge in [-0.3, -0.25) is 19.3 Å². The summed E-state index contributed by atoms with van der Waals surface area (Å²) in [6, 6.07) is 9.72. The fourth-order valence-corrected chi connectivity index (χ4v) is 9.51. The second kappa shape index (κ2) is 20.1. The Morgan fingerprint density at radius 3 is 2.26 bits per heavy atom. The number of carbonyl (C=O) groups is 5. The molecule has 5 aliphatic rings. The lowest BCUT2D eigenvalue weighted by atomic mass is 10.0. The van der Waals surface area contributed by atoms with E-state index in [1.54, 1.807) is 14.7 Å². The first-order chi connectivity index (χ1) is 29.7. The van der Waals surface area contributed by atoms with Gasteiger partial charge in [0.1, 0.15) is 6.61 Å². The number of para-hydroxylation sites is 1. The molecular weight excluding hydrogens is 833 g/mol. The van der Waals surface area contributed by atoms with Crippen molar-refractivity contribution in [3.8, 4) is 0 Å². The molecule has 1 atom stereocenters. The van der Waals surface area contributed by atoms with Gasteiger partial charge in [-0.15, -0.1) is 0 Å². The Morgan fingerprint density at radius 1 is 0.855 bits per heavy atom. The molecule has 15 nitrogen and oxygen atoms in total. The summed E-state index contributed by atoms with van der Waals surface area (Å²) in [7, 11) is 0. The second-order valence-corrected chi connectivity index (χ2v) is 17.2. The number of fused-ring (bicyclic) bond motifs is 1. The molecule has 0 radical (unpaired) electrons. The number of hydrogen-bond donors (Lipinski definition) is 2. The van der Waals surface area contributed by atoms with Crippen LogP contribution in [-0.2, 0) is 42.9 Å². The first-order valence-electron chi connectivity index (χ1n) is 21.7. The Balaban J connectivity index is 0.914. The summed E-state index contributed by atoms with van der Waals surface area (Å²) in [5.74, 6) is -0.687. The summed E-state index contributed by atoms with van der Waals surface area (Å²) in [5.41, 5.74) is 5.81. The molecule has 3 N–H and O–H groups in total. The van der Waals surface area contributed by atoms with Crippen molar-refractivity contribution in [2.24, 2.45) is 0 Å². The number of amides is 5. The van der Waals surface area contributed by atoms with E-state index < -0.39 is 35.5 Å². The van der Waals surface area contributed by atoms with Crippen LogP contribution < -0.4 is 11.1 Å². The number of nitrogens with two attached hydrogens (primary N) is 1. The molecule has 5 heterocycles. The summed E-state index contributed by atoms with van der Waals surface area (Å²) in [4.78, 5) is 76.3. The minimum Gasteiger partial charge on any atom is -0.464 e. The quantitative estimate of drug-likeness (QED) is 0.226. The highest BCUT2D eigenvalue weighted by molar-refractivity contribution is 6.33. The Bertz CT molecular complexity index is 1950. The van der Waals surface area contributed by atoms with Crippen molar-refractivity contribution in [1.29, 1.82) is 0 Å². The number of benzene rings is 2. The monoisotopic (exact) mass is 888 g/mol. The molecule has 0 spiro atoms. The number of rotatable bonds is 12. The van der Waals surface area contributed by atoms with Crippen molar-refractivity contribution in [2.45, 2.75) is 82.2 Å². The largest absolute Gasteiger partial charge is 0.464 e. The summed E-state index contributed by atoms with van der Waals surface area (Å²) >= 11 is 6.15. The number of carbonyl (C=O) groups excluding carboxylic acids is 5. The smallest absolute Gasteiger partial charge is 0.418 e. The number of hydrogen-bond acceptors (Lipinski definition) is 10. The van der Waals surface area contributed by atoms with Crippen LogP contribution in [0.15, 0.2) is 36.4 Å². The van der Waals surface area contributed by atoms with Gasteiger partial charge in [-0.1, -0.05) is 29.8 Å². The van der Waals surface area contributed by atoms with Crippen molar-refractivity contribution in [3.05, 3.63) is 58.1 Å². The maximum Gasteiger partial charge on any atom is 0.418 e. The molecule has 0 aromatic heterocycles. The third kappa shape index (κ3) is 11.2. The molecule has 5 amide bonds. The molecule has 2 aromatic carbocycles. The number of likely N-dealkylation sites (tertiary alicyclic amines) is 3. The van der Waals surface area contributed by atoms with Crippen molar-refractivity contribution in [3.63, 3.8) is 0 Å². The van der Waals surface area contributed by atoms with Crippen LogP contribution in [0.25, 0.3) is 0 Å². The molecule has 0 aliphatic carbocycles. The molecule has 19 heteroatoms. The molecule has 5 aliphatic heterocycles. The van der Waals surface area contributed by atoms with Crippen molar-refractivity contribution in [1.82, 2.24) is 29.4 Å². The zero-order chi connectivity index (χ0) is 44.0. The van der Waals surface area contributed by atoms with Gasteiger partial charge in [-0.25, -0.2) is 9.59 Å². The van der Waals surface area contributed by atoms with E-state index in [1.807, 2.05) is 24.3 Å². The average molecular weight is 889 g/mol. The molecular formula is C43H56ClF3N8O7. The lowest BCUT2D eigenvalue weighted by molar-refractivity contribution is -0.146.